The number of piperidine rings is 1. The fourth-order valence-corrected chi connectivity index (χ4v) is 3.37. The Balaban J connectivity index is 2.05. The first-order chi connectivity index (χ1) is 8.15. The molecule has 17 heavy (non-hydrogen) atoms. The topological polar surface area (TPSA) is 20.3 Å². The van der Waals surface area contributed by atoms with Crippen LogP contribution in [0.5, 0.6) is 0 Å². The molecule has 1 saturated heterocycles. The van der Waals surface area contributed by atoms with E-state index < -0.39 is 0 Å². The number of benzene rings is 1. The third kappa shape index (κ3) is 1.90. The first-order valence-corrected chi connectivity index (χ1v) is 6.54. The first kappa shape index (κ1) is 11.2. The van der Waals surface area contributed by atoms with E-state index in [9.17, 15) is 4.79 Å². The van der Waals surface area contributed by atoms with Crippen LogP contribution in [0.3, 0.4) is 0 Å². The van der Waals surface area contributed by atoms with Gasteiger partial charge in [0.25, 0.3) is 0 Å². The molecule has 1 aliphatic heterocycles. The van der Waals surface area contributed by atoms with Crippen LogP contribution in [0, 0.1) is 5.92 Å². The quantitative estimate of drug-likeness (QED) is 0.705. The summed E-state index contributed by atoms with van der Waals surface area (Å²) < 4.78 is 0. The van der Waals surface area contributed by atoms with Gasteiger partial charge in [-0.1, -0.05) is 17.7 Å². The lowest BCUT2D eigenvalue weighted by atomic mass is 9.71. The third-order valence-corrected chi connectivity index (χ3v) is 4.36. The van der Waals surface area contributed by atoms with Gasteiger partial charge in [-0.15, -0.1) is 0 Å². The van der Waals surface area contributed by atoms with Crippen LogP contribution in [0.2, 0.25) is 5.02 Å². The second-order valence-electron chi connectivity index (χ2n) is 5.28. The Kier molecular flexibility index (Phi) is 2.72. The lowest BCUT2D eigenvalue weighted by Crippen LogP contribution is -2.40. The van der Waals surface area contributed by atoms with E-state index in [1.165, 1.54) is 5.56 Å². The summed E-state index contributed by atoms with van der Waals surface area (Å²) in [5.41, 5.74) is 2.07. The van der Waals surface area contributed by atoms with Gasteiger partial charge in [0.1, 0.15) is 0 Å². The van der Waals surface area contributed by atoms with Crippen molar-refractivity contribution >= 4 is 17.4 Å². The Morgan fingerprint density at radius 2 is 2.24 bits per heavy atom. The fourth-order valence-electron chi connectivity index (χ4n) is 3.20. The van der Waals surface area contributed by atoms with Crippen LogP contribution in [0.4, 0.5) is 0 Å². The van der Waals surface area contributed by atoms with Gasteiger partial charge >= 0.3 is 0 Å². The molecule has 0 aromatic heterocycles. The molecule has 0 spiro atoms. The first-order valence-electron chi connectivity index (χ1n) is 6.16. The predicted octanol–water partition coefficient (Wildman–Crippen LogP) is 2.96. The predicted molar refractivity (Wildman–Crippen MR) is 68.7 cm³/mol. The summed E-state index contributed by atoms with van der Waals surface area (Å²) in [6, 6.07) is 5.79. The van der Waals surface area contributed by atoms with Crippen molar-refractivity contribution in [1.82, 2.24) is 4.90 Å². The normalized spacial score (nSPS) is 28.7. The van der Waals surface area contributed by atoms with Crippen molar-refractivity contribution in [2.75, 3.05) is 20.1 Å². The van der Waals surface area contributed by atoms with Gasteiger partial charge in [-0.25, -0.2) is 0 Å². The van der Waals surface area contributed by atoms with E-state index in [0.29, 0.717) is 23.3 Å². The van der Waals surface area contributed by atoms with E-state index in [2.05, 4.69) is 11.9 Å². The number of nitrogens with zero attached hydrogens (tertiary/aromatic N) is 1. The molecule has 1 aromatic rings. The molecule has 1 fully saturated rings. The maximum atomic E-state index is 12.1. The Labute approximate surface area is 107 Å². The van der Waals surface area contributed by atoms with E-state index in [-0.39, 0.29) is 5.78 Å². The maximum absolute atomic E-state index is 12.1. The molecule has 1 aromatic carbocycles. The second-order valence-corrected chi connectivity index (χ2v) is 5.71. The summed E-state index contributed by atoms with van der Waals surface area (Å²) in [5, 5.41) is 0.666. The van der Waals surface area contributed by atoms with Gasteiger partial charge in [-0.05, 0) is 43.6 Å². The second kappa shape index (κ2) is 4.11. The number of halogens is 1. The Morgan fingerprint density at radius 1 is 1.41 bits per heavy atom. The summed E-state index contributed by atoms with van der Waals surface area (Å²) >= 11 is 5.98. The number of likely N-dealkylation sites (tertiary alicyclic amines) is 1. The highest BCUT2D eigenvalue weighted by Crippen LogP contribution is 2.41. The molecule has 3 heteroatoms. The lowest BCUT2D eigenvalue weighted by Gasteiger charge is -2.40. The number of carbonyl (C=O) groups excluding carboxylic acids is 1. The molecule has 90 valence electrons. The van der Waals surface area contributed by atoms with Crippen molar-refractivity contribution in [1.29, 1.82) is 0 Å². The molecule has 2 nitrogen and oxygen atoms in total. The van der Waals surface area contributed by atoms with Crippen LogP contribution >= 0.6 is 11.6 Å². The van der Waals surface area contributed by atoms with Gasteiger partial charge in [0.2, 0.25) is 0 Å². The zero-order chi connectivity index (χ0) is 12.0. The Bertz CT molecular complexity index is 471. The molecule has 0 amide bonds. The number of fused-ring (bicyclic) bond motifs is 3. The Morgan fingerprint density at radius 3 is 3.06 bits per heavy atom. The van der Waals surface area contributed by atoms with Crippen molar-refractivity contribution in [2.45, 2.75) is 18.8 Å². The number of carbonyl (C=O) groups is 1. The molecular weight excluding hydrogens is 234 g/mol. The van der Waals surface area contributed by atoms with E-state index in [0.717, 1.165) is 25.1 Å². The molecule has 2 atom stereocenters. The minimum absolute atomic E-state index is 0.272. The lowest BCUT2D eigenvalue weighted by molar-refractivity contribution is 0.0887. The van der Waals surface area contributed by atoms with Crippen molar-refractivity contribution in [2.24, 2.45) is 5.92 Å². The zero-order valence-electron chi connectivity index (χ0n) is 9.95. The fraction of sp³-hybridized carbons (Fsp3) is 0.500. The molecule has 0 radical (unpaired) electrons. The molecular formula is C14H16ClNO. The molecule has 0 saturated carbocycles. The van der Waals surface area contributed by atoms with Gasteiger partial charge in [-0.2, -0.15) is 0 Å². The van der Waals surface area contributed by atoms with Crippen LogP contribution in [0.15, 0.2) is 18.2 Å². The van der Waals surface area contributed by atoms with Gasteiger partial charge in [-0.3, -0.25) is 4.79 Å². The molecule has 0 N–H and O–H groups in total. The van der Waals surface area contributed by atoms with Gasteiger partial charge in [0.15, 0.2) is 5.78 Å². The summed E-state index contributed by atoms with van der Waals surface area (Å²) in [7, 11) is 2.15. The summed E-state index contributed by atoms with van der Waals surface area (Å²) in [4.78, 5) is 14.5. The summed E-state index contributed by atoms with van der Waals surface area (Å²) in [5.74, 6) is 1.32. The van der Waals surface area contributed by atoms with Gasteiger partial charge in [0, 0.05) is 29.5 Å². The van der Waals surface area contributed by atoms with Crippen molar-refractivity contribution < 1.29 is 4.79 Å². The standard InChI is InChI=1S/C14H16ClNO/c1-16-5-4-9-6-14(17)12-7-10(15)2-3-11(12)13(9)8-16/h2-3,7,9,13H,4-6,8H2,1H3/t9-,13+/m0/s1. The molecule has 1 heterocycles. The number of ketones is 1. The summed E-state index contributed by atoms with van der Waals surface area (Å²) in [6.45, 7) is 2.17. The molecule has 0 unspecified atom stereocenters. The molecule has 3 rings (SSSR count). The van der Waals surface area contributed by atoms with Crippen LogP contribution < -0.4 is 0 Å². The van der Waals surface area contributed by atoms with Crippen LogP contribution in [-0.2, 0) is 0 Å². The minimum Gasteiger partial charge on any atom is -0.306 e. The highest BCUT2D eigenvalue weighted by Gasteiger charge is 2.36. The minimum atomic E-state index is 0.272. The van der Waals surface area contributed by atoms with Gasteiger partial charge < -0.3 is 4.90 Å². The van der Waals surface area contributed by atoms with Crippen LogP contribution in [-0.4, -0.2) is 30.8 Å². The Hall–Kier alpha value is -0.860. The van der Waals surface area contributed by atoms with Crippen molar-refractivity contribution in [3.63, 3.8) is 0 Å². The zero-order valence-corrected chi connectivity index (χ0v) is 10.7. The molecule has 1 aliphatic carbocycles. The van der Waals surface area contributed by atoms with E-state index >= 15 is 0 Å². The number of Topliss-reactive ketones (excluding diaryl/α,β-unsaturated/α-hetero) is 1. The van der Waals surface area contributed by atoms with Crippen molar-refractivity contribution in [3.8, 4) is 0 Å². The molecule has 2 aliphatic rings. The van der Waals surface area contributed by atoms with Crippen molar-refractivity contribution in [3.05, 3.63) is 34.3 Å². The molecule has 0 bridgehead atoms. The number of hydrogen-bond acceptors (Lipinski definition) is 2. The smallest absolute Gasteiger partial charge is 0.163 e. The SMILES string of the molecule is CN1CC[C@H]2CC(=O)c3cc(Cl)ccc3[C@@H]2C1. The highest BCUT2D eigenvalue weighted by molar-refractivity contribution is 6.31. The maximum Gasteiger partial charge on any atom is 0.163 e. The van der Waals surface area contributed by atoms with E-state index in [1.807, 2.05) is 18.2 Å². The monoisotopic (exact) mass is 249 g/mol. The average Bonchev–Trinajstić information content (AvgIpc) is 2.30. The highest BCUT2D eigenvalue weighted by atomic mass is 35.5. The van der Waals surface area contributed by atoms with Crippen LogP contribution in [0.25, 0.3) is 0 Å². The van der Waals surface area contributed by atoms with Gasteiger partial charge in [0.05, 0.1) is 0 Å². The summed E-state index contributed by atoms with van der Waals surface area (Å²) in [6.07, 6.45) is 1.83. The van der Waals surface area contributed by atoms with Crippen LogP contribution in [0.1, 0.15) is 34.7 Å². The van der Waals surface area contributed by atoms with E-state index in [1.54, 1.807) is 0 Å². The number of rotatable bonds is 0. The largest absolute Gasteiger partial charge is 0.306 e. The third-order valence-electron chi connectivity index (χ3n) is 4.12. The van der Waals surface area contributed by atoms with E-state index in [4.69, 9.17) is 11.6 Å². The number of hydrogen-bond donors (Lipinski definition) is 0. The average molecular weight is 250 g/mol. The number of likely N-dealkylation sites (N-methyl/N-ethyl adjacent to an activating group) is 1.